The molecule has 0 aliphatic rings. The maximum atomic E-state index is 4.50. The summed E-state index contributed by atoms with van der Waals surface area (Å²) in [6.07, 6.45) is 1.96. The molecule has 3 aromatic rings. The lowest BCUT2D eigenvalue weighted by molar-refractivity contribution is 0.880. The third-order valence-corrected chi connectivity index (χ3v) is 5.11. The van der Waals surface area contributed by atoms with Crippen molar-refractivity contribution in [1.82, 2.24) is 4.98 Å². The molecule has 102 valence electrons. The minimum atomic E-state index is 0.231. The molecular weight excluding hydrogens is 332 g/mol. The van der Waals surface area contributed by atoms with Gasteiger partial charge in [-0.1, -0.05) is 15.9 Å². The number of hydrogen-bond acceptors (Lipinski definition) is 3. The number of anilines is 1. The molecule has 0 aliphatic heterocycles. The smallest absolute Gasteiger partial charge is 0.0809 e. The number of benzene rings is 1. The van der Waals surface area contributed by atoms with E-state index in [-0.39, 0.29) is 6.04 Å². The van der Waals surface area contributed by atoms with Crippen LogP contribution in [-0.4, -0.2) is 4.98 Å². The van der Waals surface area contributed by atoms with Gasteiger partial charge in [0.25, 0.3) is 0 Å². The average Bonchev–Trinajstić information content (AvgIpc) is 2.90. The highest BCUT2D eigenvalue weighted by atomic mass is 79.9. The summed E-state index contributed by atoms with van der Waals surface area (Å²) in [6, 6.07) is 10.8. The Morgan fingerprint density at radius 2 is 2.10 bits per heavy atom. The van der Waals surface area contributed by atoms with Gasteiger partial charge >= 0.3 is 0 Å². The molecular formula is C16H15BrN2S. The molecule has 0 aliphatic carbocycles. The van der Waals surface area contributed by atoms with Crippen LogP contribution in [-0.2, 0) is 0 Å². The molecule has 1 aromatic carbocycles. The molecule has 4 heteroatoms. The van der Waals surface area contributed by atoms with Crippen molar-refractivity contribution >= 4 is 43.2 Å². The molecule has 0 saturated carbocycles. The van der Waals surface area contributed by atoms with E-state index in [1.165, 1.54) is 15.8 Å². The summed E-state index contributed by atoms with van der Waals surface area (Å²) < 4.78 is 2.38. The van der Waals surface area contributed by atoms with E-state index in [9.17, 15) is 0 Å². The Kier molecular flexibility index (Phi) is 3.76. The van der Waals surface area contributed by atoms with Crippen LogP contribution in [0.25, 0.3) is 10.2 Å². The monoisotopic (exact) mass is 346 g/mol. The number of aromatic nitrogens is 1. The molecule has 0 saturated heterocycles. The Hall–Kier alpha value is -1.39. The van der Waals surface area contributed by atoms with Crippen molar-refractivity contribution in [3.05, 3.63) is 57.5 Å². The van der Waals surface area contributed by atoms with Gasteiger partial charge < -0.3 is 5.32 Å². The van der Waals surface area contributed by atoms with Crippen molar-refractivity contribution < 1.29 is 0 Å². The zero-order valence-corrected chi connectivity index (χ0v) is 13.8. The number of nitrogens with one attached hydrogen (secondary N) is 1. The van der Waals surface area contributed by atoms with Gasteiger partial charge in [0.1, 0.15) is 0 Å². The van der Waals surface area contributed by atoms with Gasteiger partial charge in [0, 0.05) is 16.4 Å². The number of aryl methyl sites for hydroxylation is 1. The van der Waals surface area contributed by atoms with E-state index in [0.717, 1.165) is 15.7 Å². The van der Waals surface area contributed by atoms with E-state index in [4.69, 9.17) is 0 Å². The standard InChI is InChI=1S/C16H15BrN2S/c1-10-7-13(3-4-14(10)17)19-11(2)12-8-16-15(18-9-12)5-6-20-16/h3-9,11,19H,1-2H3. The van der Waals surface area contributed by atoms with Crippen LogP contribution in [0, 0.1) is 6.92 Å². The molecule has 2 heterocycles. The maximum absolute atomic E-state index is 4.50. The van der Waals surface area contributed by atoms with Crippen molar-refractivity contribution in [1.29, 1.82) is 0 Å². The van der Waals surface area contributed by atoms with Gasteiger partial charge in [-0.3, -0.25) is 4.98 Å². The molecule has 0 fully saturated rings. The van der Waals surface area contributed by atoms with Gasteiger partial charge in [-0.25, -0.2) is 0 Å². The summed E-state index contributed by atoms with van der Waals surface area (Å²) in [5.41, 5.74) is 4.64. The fraction of sp³-hybridized carbons (Fsp3) is 0.188. The van der Waals surface area contributed by atoms with Crippen LogP contribution in [0.15, 0.2) is 46.4 Å². The van der Waals surface area contributed by atoms with E-state index in [0.29, 0.717) is 0 Å². The van der Waals surface area contributed by atoms with Crippen LogP contribution in [0.5, 0.6) is 0 Å². The first-order valence-electron chi connectivity index (χ1n) is 6.49. The van der Waals surface area contributed by atoms with E-state index >= 15 is 0 Å². The maximum Gasteiger partial charge on any atom is 0.0809 e. The van der Waals surface area contributed by atoms with Crippen molar-refractivity contribution in [3.8, 4) is 0 Å². The Balaban J connectivity index is 1.84. The van der Waals surface area contributed by atoms with E-state index in [2.05, 4.69) is 75.8 Å². The highest BCUT2D eigenvalue weighted by Crippen LogP contribution is 2.26. The molecule has 1 unspecified atom stereocenters. The Morgan fingerprint density at radius 3 is 2.90 bits per heavy atom. The highest BCUT2D eigenvalue weighted by molar-refractivity contribution is 9.10. The summed E-state index contributed by atoms with van der Waals surface area (Å²) in [5.74, 6) is 0. The van der Waals surface area contributed by atoms with E-state index in [1.54, 1.807) is 11.3 Å². The number of nitrogens with zero attached hydrogens (tertiary/aromatic N) is 1. The van der Waals surface area contributed by atoms with E-state index in [1.807, 2.05) is 6.20 Å². The number of halogens is 1. The lowest BCUT2D eigenvalue weighted by Gasteiger charge is -2.16. The summed E-state index contributed by atoms with van der Waals surface area (Å²) in [5, 5.41) is 5.61. The summed E-state index contributed by atoms with van der Waals surface area (Å²) in [4.78, 5) is 4.50. The van der Waals surface area contributed by atoms with Gasteiger partial charge in [0.15, 0.2) is 0 Å². The average molecular weight is 347 g/mol. The molecule has 3 rings (SSSR count). The topological polar surface area (TPSA) is 24.9 Å². The molecule has 1 atom stereocenters. The van der Waals surface area contributed by atoms with Crippen LogP contribution in [0.3, 0.4) is 0 Å². The number of fused-ring (bicyclic) bond motifs is 1. The van der Waals surface area contributed by atoms with Crippen molar-refractivity contribution in [2.24, 2.45) is 0 Å². The SMILES string of the molecule is Cc1cc(NC(C)c2cnc3ccsc3c2)ccc1Br. The molecule has 1 N–H and O–H groups in total. The zero-order valence-electron chi connectivity index (χ0n) is 11.4. The quantitative estimate of drug-likeness (QED) is 0.673. The summed E-state index contributed by atoms with van der Waals surface area (Å²) in [6.45, 7) is 4.26. The second-order valence-electron chi connectivity index (χ2n) is 4.90. The highest BCUT2D eigenvalue weighted by Gasteiger charge is 2.08. The minimum Gasteiger partial charge on any atom is -0.378 e. The third-order valence-electron chi connectivity index (χ3n) is 3.36. The predicted octanol–water partition coefficient (Wildman–Crippen LogP) is 5.54. The van der Waals surface area contributed by atoms with Crippen LogP contribution in [0.2, 0.25) is 0 Å². The van der Waals surface area contributed by atoms with Gasteiger partial charge in [0.05, 0.1) is 16.3 Å². The second kappa shape index (κ2) is 5.54. The van der Waals surface area contributed by atoms with Gasteiger partial charge in [-0.15, -0.1) is 11.3 Å². The molecule has 20 heavy (non-hydrogen) atoms. The molecule has 0 spiro atoms. The third kappa shape index (κ3) is 2.72. The van der Waals surface area contributed by atoms with Gasteiger partial charge in [0.2, 0.25) is 0 Å². The van der Waals surface area contributed by atoms with Crippen molar-refractivity contribution in [3.63, 3.8) is 0 Å². The molecule has 0 amide bonds. The lowest BCUT2D eigenvalue weighted by atomic mass is 10.1. The zero-order chi connectivity index (χ0) is 14.1. The largest absolute Gasteiger partial charge is 0.378 e. The predicted molar refractivity (Wildman–Crippen MR) is 90.5 cm³/mol. The first kappa shape index (κ1) is 13.6. The number of hydrogen-bond donors (Lipinski definition) is 1. The number of thiophene rings is 1. The fourth-order valence-electron chi connectivity index (χ4n) is 2.17. The van der Waals surface area contributed by atoms with Crippen LogP contribution < -0.4 is 5.32 Å². The lowest BCUT2D eigenvalue weighted by Crippen LogP contribution is -2.07. The van der Waals surface area contributed by atoms with Crippen LogP contribution in [0.4, 0.5) is 5.69 Å². The Bertz CT molecular complexity index is 751. The number of rotatable bonds is 3. The molecule has 0 bridgehead atoms. The van der Waals surface area contributed by atoms with Crippen LogP contribution in [0.1, 0.15) is 24.1 Å². The Morgan fingerprint density at radius 1 is 1.25 bits per heavy atom. The van der Waals surface area contributed by atoms with Crippen molar-refractivity contribution in [2.75, 3.05) is 5.32 Å². The molecule has 2 aromatic heterocycles. The van der Waals surface area contributed by atoms with Crippen LogP contribution >= 0.6 is 27.3 Å². The van der Waals surface area contributed by atoms with Gasteiger partial charge in [-0.05, 0) is 60.7 Å². The number of pyridine rings is 1. The molecule has 2 nitrogen and oxygen atoms in total. The normalized spacial score (nSPS) is 12.6. The second-order valence-corrected chi connectivity index (χ2v) is 6.70. The summed E-state index contributed by atoms with van der Waals surface area (Å²) in [7, 11) is 0. The van der Waals surface area contributed by atoms with Gasteiger partial charge in [-0.2, -0.15) is 0 Å². The fourth-order valence-corrected chi connectivity index (χ4v) is 3.20. The first-order chi connectivity index (χ1) is 9.63. The minimum absolute atomic E-state index is 0.231. The Labute approximate surface area is 131 Å². The molecule has 0 radical (unpaired) electrons. The van der Waals surface area contributed by atoms with Crippen molar-refractivity contribution in [2.45, 2.75) is 19.9 Å². The summed E-state index contributed by atoms with van der Waals surface area (Å²) >= 11 is 5.26. The first-order valence-corrected chi connectivity index (χ1v) is 8.16. The van der Waals surface area contributed by atoms with E-state index < -0.39 is 0 Å².